The van der Waals surface area contributed by atoms with Crippen molar-refractivity contribution in [3.8, 4) is 6.07 Å². The molecule has 3 aromatic rings. The molecular weight excluding hydrogens is 490 g/mol. The van der Waals surface area contributed by atoms with Crippen molar-refractivity contribution in [2.45, 2.75) is 56.4 Å². The second-order valence-electron chi connectivity index (χ2n) is 10.9. The molecule has 8 nitrogen and oxygen atoms in total. The quantitative estimate of drug-likeness (QED) is 0.435. The van der Waals surface area contributed by atoms with Crippen molar-refractivity contribution < 1.29 is 14.4 Å². The first kappa shape index (κ1) is 26.5. The first-order chi connectivity index (χ1) is 18.9. The molecule has 2 fully saturated rings. The minimum absolute atomic E-state index is 0.0262. The van der Waals surface area contributed by atoms with E-state index < -0.39 is 29.2 Å². The monoisotopic (exact) mass is 525 g/mol. The topological polar surface area (TPSA) is 132 Å². The van der Waals surface area contributed by atoms with Crippen molar-refractivity contribution in [1.29, 1.82) is 5.26 Å². The van der Waals surface area contributed by atoms with Crippen LogP contribution in [0.3, 0.4) is 0 Å². The Bertz CT molecular complexity index is 1380. The number of primary amides is 1. The Labute approximate surface area is 228 Å². The Balaban J connectivity index is 1.26. The number of rotatable bonds is 7. The molecule has 8 heteroatoms. The third-order valence-corrected chi connectivity index (χ3v) is 8.65. The van der Waals surface area contributed by atoms with Gasteiger partial charge >= 0.3 is 0 Å². The summed E-state index contributed by atoms with van der Waals surface area (Å²) in [5.74, 6) is -1.86. The average molecular weight is 526 g/mol. The van der Waals surface area contributed by atoms with Gasteiger partial charge in [0.2, 0.25) is 17.7 Å². The summed E-state index contributed by atoms with van der Waals surface area (Å²) in [6.45, 7) is 0.965. The Hall–Kier alpha value is -4.12. The fraction of sp³-hybridized carbons (Fsp3) is 0.419. The fourth-order valence-corrected chi connectivity index (χ4v) is 6.33. The standard InChI is InChI=1S/C31H35N5O3/c32-20-31(22-8-2-1-3-9-22)14-16-36(17-15-31)30(39)25-12-5-4-11-24(25)29(38)35-27(28(33)37)18-21-19-34-26-13-7-6-10-23(21)26/h1-3,6-10,13,19,24-25,27,34H,4-5,11-12,14-18H2,(H2,33,37)(H,35,38)/t24?,25?,27-/m0/s1. The van der Waals surface area contributed by atoms with E-state index in [0.717, 1.165) is 34.9 Å². The smallest absolute Gasteiger partial charge is 0.240 e. The van der Waals surface area contributed by atoms with Gasteiger partial charge in [-0.05, 0) is 42.9 Å². The number of aromatic amines is 1. The van der Waals surface area contributed by atoms with Crippen LogP contribution in [-0.2, 0) is 26.2 Å². The molecule has 202 valence electrons. The van der Waals surface area contributed by atoms with Gasteiger partial charge in [0.15, 0.2) is 0 Å². The zero-order valence-corrected chi connectivity index (χ0v) is 22.1. The first-order valence-corrected chi connectivity index (χ1v) is 13.8. The number of amides is 3. The van der Waals surface area contributed by atoms with E-state index in [4.69, 9.17) is 5.73 Å². The van der Waals surface area contributed by atoms with Crippen molar-refractivity contribution in [2.24, 2.45) is 17.6 Å². The van der Waals surface area contributed by atoms with Crippen LogP contribution >= 0.6 is 0 Å². The van der Waals surface area contributed by atoms with E-state index in [1.54, 1.807) is 0 Å². The molecule has 2 aliphatic rings. The summed E-state index contributed by atoms with van der Waals surface area (Å²) in [4.78, 5) is 44.6. The SMILES string of the molecule is N#CC1(c2ccccc2)CCN(C(=O)C2CCCCC2C(=O)N[C@@H](Cc2c[nH]c3ccccc23)C(N)=O)CC1. The molecule has 0 radical (unpaired) electrons. The van der Waals surface area contributed by atoms with Gasteiger partial charge < -0.3 is 20.9 Å². The third kappa shape index (κ3) is 5.40. The molecule has 3 amide bonds. The maximum absolute atomic E-state index is 13.7. The number of nitrogens with zero attached hydrogens (tertiary/aromatic N) is 2. The molecule has 2 unspecified atom stereocenters. The van der Waals surface area contributed by atoms with Crippen molar-refractivity contribution in [1.82, 2.24) is 15.2 Å². The average Bonchev–Trinajstić information content (AvgIpc) is 3.39. The zero-order chi connectivity index (χ0) is 27.4. The molecule has 1 aliphatic carbocycles. The molecule has 39 heavy (non-hydrogen) atoms. The summed E-state index contributed by atoms with van der Waals surface area (Å²) in [7, 11) is 0. The highest BCUT2D eigenvalue weighted by atomic mass is 16.2. The molecule has 2 heterocycles. The lowest BCUT2D eigenvalue weighted by Gasteiger charge is -2.40. The van der Waals surface area contributed by atoms with Gasteiger partial charge in [0.05, 0.1) is 11.5 Å². The molecule has 0 spiro atoms. The lowest BCUT2D eigenvalue weighted by Crippen LogP contribution is -2.53. The largest absolute Gasteiger partial charge is 0.368 e. The maximum Gasteiger partial charge on any atom is 0.240 e. The van der Waals surface area contributed by atoms with Crippen LogP contribution < -0.4 is 11.1 Å². The van der Waals surface area contributed by atoms with Crippen LogP contribution in [0, 0.1) is 23.2 Å². The number of hydrogen-bond donors (Lipinski definition) is 3. The number of para-hydroxylation sites is 1. The Morgan fingerprint density at radius 2 is 1.69 bits per heavy atom. The highest BCUT2D eigenvalue weighted by molar-refractivity contribution is 5.92. The van der Waals surface area contributed by atoms with E-state index in [1.807, 2.05) is 65.7 Å². The van der Waals surface area contributed by atoms with Crippen molar-refractivity contribution in [2.75, 3.05) is 13.1 Å². The number of benzene rings is 2. The van der Waals surface area contributed by atoms with Crippen molar-refractivity contribution in [3.63, 3.8) is 0 Å². The second kappa shape index (κ2) is 11.3. The summed E-state index contributed by atoms with van der Waals surface area (Å²) in [6.07, 6.45) is 6.23. The maximum atomic E-state index is 13.7. The summed E-state index contributed by atoms with van der Waals surface area (Å²) in [6, 6.07) is 19.2. The van der Waals surface area contributed by atoms with Crippen molar-refractivity contribution >= 4 is 28.6 Å². The molecule has 1 aromatic heterocycles. The number of nitriles is 1. The number of piperidine rings is 1. The van der Waals surface area contributed by atoms with Gasteiger partial charge in [0.25, 0.3) is 0 Å². The van der Waals surface area contributed by atoms with Gasteiger partial charge in [0, 0.05) is 48.4 Å². The van der Waals surface area contributed by atoms with Gasteiger partial charge in [-0.2, -0.15) is 5.26 Å². The summed E-state index contributed by atoms with van der Waals surface area (Å²) < 4.78 is 0. The first-order valence-electron chi connectivity index (χ1n) is 13.8. The summed E-state index contributed by atoms with van der Waals surface area (Å²) >= 11 is 0. The number of fused-ring (bicyclic) bond motifs is 1. The van der Waals surface area contributed by atoms with Gasteiger partial charge in [-0.15, -0.1) is 0 Å². The normalized spacial score (nSPS) is 21.6. The van der Waals surface area contributed by atoms with Crippen LogP contribution in [-0.4, -0.2) is 46.7 Å². The summed E-state index contributed by atoms with van der Waals surface area (Å²) in [5, 5.41) is 13.9. The number of hydrogen-bond acceptors (Lipinski definition) is 4. The Morgan fingerprint density at radius 3 is 2.38 bits per heavy atom. The van der Waals surface area contributed by atoms with Gasteiger partial charge in [-0.1, -0.05) is 61.4 Å². The highest BCUT2D eigenvalue weighted by Crippen LogP contribution is 2.37. The van der Waals surface area contributed by atoms with E-state index in [-0.39, 0.29) is 18.2 Å². The minimum atomic E-state index is -0.869. The fourth-order valence-electron chi connectivity index (χ4n) is 6.33. The van der Waals surface area contributed by atoms with Crippen LogP contribution in [0.2, 0.25) is 0 Å². The predicted octanol–water partition coefficient (Wildman–Crippen LogP) is 3.57. The van der Waals surface area contributed by atoms with E-state index in [9.17, 15) is 19.6 Å². The number of carbonyl (C=O) groups excluding carboxylic acids is 3. The van der Waals surface area contributed by atoms with Crippen LogP contribution in [0.5, 0.6) is 0 Å². The van der Waals surface area contributed by atoms with Gasteiger partial charge in [-0.25, -0.2) is 0 Å². The molecule has 0 bridgehead atoms. The number of likely N-dealkylation sites (tertiary alicyclic amines) is 1. The van der Waals surface area contributed by atoms with Crippen LogP contribution in [0.1, 0.15) is 49.7 Å². The van der Waals surface area contributed by atoms with Crippen LogP contribution in [0.4, 0.5) is 0 Å². The molecule has 4 N–H and O–H groups in total. The number of H-pyrrole nitrogens is 1. The van der Waals surface area contributed by atoms with E-state index >= 15 is 0 Å². The minimum Gasteiger partial charge on any atom is -0.368 e. The Kier molecular flexibility index (Phi) is 7.69. The molecule has 1 saturated carbocycles. The van der Waals surface area contributed by atoms with Crippen molar-refractivity contribution in [3.05, 3.63) is 71.9 Å². The van der Waals surface area contributed by atoms with Gasteiger partial charge in [0.1, 0.15) is 6.04 Å². The molecule has 1 saturated heterocycles. The molecule has 5 rings (SSSR count). The second-order valence-corrected chi connectivity index (χ2v) is 10.9. The predicted molar refractivity (Wildman–Crippen MR) is 148 cm³/mol. The van der Waals surface area contributed by atoms with Gasteiger partial charge in [-0.3, -0.25) is 14.4 Å². The summed E-state index contributed by atoms with van der Waals surface area (Å²) in [5.41, 5.74) is 7.95. The third-order valence-electron chi connectivity index (χ3n) is 8.65. The number of carbonyl (C=O) groups is 3. The van der Waals surface area contributed by atoms with E-state index in [2.05, 4.69) is 16.4 Å². The van der Waals surface area contributed by atoms with Crippen LogP contribution in [0.15, 0.2) is 60.8 Å². The Morgan fingerprint density at radius 1 is 1.03 bits per heavy atom. The molecule has 3 atom stereocenters. The van der Waals surface area contributed by atoms with E-state index in [0.29, 0.717) is 38.8 Å². The zero-order valence-electron chi connectivity index (χ0n) is 22.1. The van der Waals surface area contributed by atoms with E-state index in [1.165, 1.54) is 0 Å². The molecular formula is C31H35N5O3. The van der Waals surface area contributed by atoms with Crippen LogP contribution in [0.25, 0.3) is 10.9 Å². The number of nitrogens with one attached hydrogen (secondary N) is 2. The lowest BCUT2D eigenvalue weighted by molar-refractivity contribution is -0.145. The number of nitrogens with two attached hydrogens (primary N) is 1. The molecule has 2 aromatic carbocycles. The number of aromatic nitrogens is 1. The lowest BCUT2D eigenvalue weighted by atomic mass is 9.73. The highest BCUT2D eigenvalue weighted by Gasteiger charge is 2.42. The molecule has 1 aliphatic heterocycles.